The van der Waals surface area contributed by atoms with E-state index in [-0.39, 0.29) is 0 Å². The first kappa shape index (κ1) is 22.7. The largest absolute Gasteiger partial charge is 0.439 e. The Bertz CT molecular complexity index is 1810. The lowest BCUT2D eigenvalue weighted by atomic mass is 10.0. The highest BCUT2D eigenvalue weighted by atomic mass is 35.5. The number of pyridine rings is 2. The topological polar surface area (TPSA) is 76.6 Å². The van der Waals surface area contributed by atoms with E-state index in [4.69, 9.17) is 21.6 Å². The monoisotopic (exact) mass is 505 g/mol. The molecule has 3 aromatic carbocycles. The van der Waals surface area contributed by atoms with Gasteiger partial charge in [0.05, 0.1) is 34.7 Å². The number of nitrogens with zero attached hydrogens (tertiary/aromatic N) is 5. The van der Waals surface area contributed by atoms with E-state index in [2.05, 4.69) is 21.0 Å². The van der Waals surface area contributed by atoms with Crippen molar-refractivity contribution >= 4 is 33.5 Å². The predicted molar refractivity (Wildman–Crippen MR) is 140 cm³/mol. The number of nitriles is 1. The summed E-state index contributed by atoms with van der Waals surface area (Å²) >= 11 is 6.59. The Morgan fingerprint density at radius 2 is 1.78 bits per heavy atom. The Hall–Kier alpha value is -4.80. The van der Waals surface area contributed by atoms with Gasteiger partial charge in [-0.05, 0) is 42.0 Å². The number of hydrogen-bond donors (Lipinski definition) is 0. The second-order valence-corrected chi connectivity index (χ2v) is 8.78. The van der Waals surface area contributed by atoms with Crippen molar-refractivity contribution in [3.05, 3.63) is 108 Å². The average molecular weight is 506 g/mol. The molecule has 8 heteroatoms. The smallest absolute Gasteiger partial charge is 0.219 e. The van der Waals surface area contributed by atoms with Gasteiger partial charge in [0.15, 0.2) is 0 Å². The lowest BCUT2D eigenvalue weighted by Crippen LogP contribution is -1.95. The van der Waals surface area contributed by atoms with Crippen LogP contribution < -0.4 is 4.74 Å². The van der Waals surface area contributed by atoms with E-state index in [0.717, 1.165) is 22.2 Å². The molecule has 6 rings (SSSR count). The summed E-state index contributed by atoms with van der Waals surface area (Å²) in [4.78, 5) is 13.1. The molecule has 0 aliphatic heterocycles. The Morgan fingerprint density at radius 3 is 2.54 bits per heavy atom. The quantitative estimate of drug-likeness (QED) is 0.246. The Balaban J connectivity index is 1.46. The number of ether oxygens (including phenoxy) is 1. The summed E-state index contributed by atoms with van der Waals surface area (Å²) < 4.78 is 23.0. The molecular formula is C29H17ClFN5O. The number of fused-ring (bicyclic) bond motifs is 3. The van der Waals surface area contributed by atoms with Crippen LogP contribution in [0.15, 0.2) is 91.5 Å². The molecule has 0 saturated heterocycles. The van der Waals surface area contributed by atoms with Crippen molar-refractivity contribution in [3.8, 4) is 34.5 Å². The molecule has 0 fully saturated rings. The summed E-state index contributed by atoms with van der Waals surface area (Å²) in [6.45, 7) is 0. The molecule has 0 bridgehead atoms. The van der Waals surface area contributed by atoms with Crippen LogP contribution >= 0.6 is 11.6 Å². The van der Waals surface area contributed by atoms with Gasteiger partial charge in [0.25, 0.3) is 0 Å². The van der Waals surface area contributed by atoms with E-state index in [1.807, 2.05) is 34.9 Å². The minimum absolute atomic E-state index is 0.340. The van der Waals surface area contributed by atoms with Gasteiger partial charge in [0.2, 0.25) is 5.88 Å². The van der Waals surface area contributed by atoms with Crippen LogP contribution in [0.1, 0.15) is 5.56 Å². The first-order chi connectivity index (χ1) is 18.1. The van der Waals surface area contributed by atoms with Gasteiger partial charge in [0.1, 0.15) is 23.4 Å². The van der Waals surface area contributed by atoms with Crippen LogP contribution in [0.2, 0.25) is 5.02 Å². The van der Waals surface area contributed by atoms with Crippen LogP contribution in [0.4, 0.5) is 4.39 Å². The van der Waals surface area contributed by atoms with Crippen molar-refractivity contribution in [1.29, 1.82) is 5.26 Å². The van der Waals surface area contributed by atoms with Gasteiger partial charge in [-0.1, -0.05) is 29.8 Å². The molecule has 0 unspecified atom stereocenters. The maximum atomic E-state index is 15.3. The predicted octanol–water partition coefficient (Wildman–Crippen LogP) is 7.29. The Morgan fingerprint density at radius 1 is 0.919 bits per heavy atom. The van der Waals surface area contributed by atoms with E-state index in [0.29, 0.717) is 45.2 Å². The molecule has 3 heterocycles. The van der Waals surface area contributed by atoms with Gasteiger partial charge in [-0.25, -0.2) is 14.4 Å². The number of hydrogen-bond acceptors (Lipinski definition) is 5. The van der Waals surface area contributed by atoms with E-state index in [1.165, 1.54) is 6.07 Å². The Kier molecular flexibility index (Phi) is 5.72. The van der Waals surface area contributed by atoms with Crippen LogP contribution in [0, 0.1) is 17.1 Å². The summed E-state index contributed by atoms with van der Waals surface area (Å²) in [5.41, 5.74) is 4.64. The molecule has 0 radical (unpaired) electrons. The highest BCUT2D eigenvalue weighted by Crippen LogP contribution is 2.37. The molecule has 6 aromatic rings. The van der Waals surface area contributed by atoms with Crippen molar-refractivity contribution in [1.82, 2.24) is 19.5 Å². The zero-order valence-corrected chi connectivity index (χ0v) is 20.0. The fraction of sp³-hybridized carbons (Fsp3) is 0.0345. The van der Waals surface area contributed by atoms with E-state index in [1.54, 1.807) is 55.1 Å². The fourth-order valence-corrected chi connectivity index (χ4v) is 4.56. The molecule has 0 aliphatic carbocycles. The van der Waals surface area contributed by atoms with E-state index < -0.39 is 5.82 Å². The second-order valence-electron chi connectivity index (χ2n) is 8.37. The number of aromatic nitrogens is 4. The first-order valence-electron chi connectivity index (χ1n) is 11.4. The minimum atomic E-state index is -0.438. The summed E-state index contributed by atoms with van der Waals surface area (Å²) in [5, 5.41) is 10.0. The Labute approximate surface area is 216 Å². The van der Waals surface area contributed by atoms with Gasteiger partial charge in [-0.3, -0.25) is 9.55 Å². The molecule has 0 aliphatic rings. The molecule has 6 nitrogen and oxygen atoms in total. The van der Waals surface area contributed by atoms with Crippen molar-refractivity contribution in [2.45, 2.75) is 6.42 Å². The van der Waals surface area contributed by atoms with Crippen LogP contribution in [-0.4, -0.2) is 19.5 Å². The van der Waals surface area contributed by atoms with Crippen LogP contribution in [0.5, 0.6) is 11.6 Å². The lowest BCUT2D eigenvalue weighted by molar-refractivity contribution is 0.463. The highest BCUT2D eigenvalue weighted by Gasteiger charge is 2.16. The number of halogens is 2. The molecule has 0 amide bonds. The SMILES string of the molecule is N#CCc1ccc(-n2cnc3cnc4cc(F)c(-c5ccc(Oc6ccccn6)cc5Cl)cc4c32)cc1. The van der Waals surface area contributed by atoms with Gasteiger partial charge in [0, 0.05) is 46.6 Å². The minimum Gasteiger partial charge on any atom is -0.439 e. The third-order valence-corrected chi connectivity index (χ3v) is 6.36. The van der Waals surface area contributed by atoms with Crippen LogP contribution in [-0.2, 0) is 6.42 Å². The molecule has 0 atom stereocenters. The van der Waals surface area contributed by atoms with Gasteiger partial charge < -0.3 is 4.74 Å². The summed E-state index contributed by atoms with van der Waals surface area (Å²) in [6.07, 6.45) is 5.32. The van der Waals surface area contributed by atoms with E-state index in [9.17, 15) is 0 Å². The summed E-state index contributed by atoms with van der Waals surface area (Å²) in [6, 6.07) is 23.5. The summed E-state index contributed by atoms with van der Waals surface area (Å²) in [7, 11) is 0. The zero-order chi connectivity index (χ0) is 25.4. The molecule has 178 valence electrons. The fourth-order valence-electron chi connectivity index (χ4n) is 4.29. The molecular weight excluding hydrogens is 489 g/mol. The lowest BCUT2D eigenvalue weighted by Gasteiger charge is -2.12. The molecule has 0 N–H and O–H groups in total. The maximum absolute atomic E-state index is 15.3. The number of benzene rings is 3. The van der Waals surface area contributed by atoms with Crippen LogP contribution in [0.25, 0.3) is 38.8 Å². The van der Waals surface area contributed by atoms with Crippen molar-refractivity contribution < 1.29 is 9.13 Å². The third-order valence-electron chi connectivity index (χ3n) is 6.05. The molecule has 0 spiro atoms. The normalized spacial score (nSPS) is 11.1. The molecule has 3 aromatic heterocycles. The second kappa shape index (κ2) is 9.34. The maximum Gasteiger partial charge on any atom is 0.219 e. The highest BCUT2D eigenvalue weighted by molar-refractivity contribution is 6.33. The van der Waals surface area contributed by atoms with Crippen molar-refractivity contribution in [3.63, 3.8) is 0 Å². The first-order valence-corrected chi connectivity index (χ1v) is 11.8. The number of rotatable bonds is 5. The van der Waals surface area contributed by atoms with Gasteiger partial charge in [-0.15, -0.1) is 0 Å². The third kappa shape index (κ3) is 4.24. The number of imidazole rings is 1. The van der Waals surface area contributed by atoms with Gasteiger partial charge in [-0.2, -0.15) is 5.26 Å². The zero-order valence-electron chi connectivity index (χ0n) is 19.3. The molecule has 37 heavy (non-hydrogen) atoms. The van der Waals surface area contributed by atoms with Crippen molar-refractivity contribution in [2.24, 2.45) is 0 Å². The van der Waals surface area contributed by atoms with E-state index >= 15 is 4.39 Å². The average Bonchev–Trinajstić information content (AvgIpc) is 3.35. The molecule has 0 saturated carbocycles. The summed E-state index contributed by atoms with van der Waals surface area (Å²) in [5.74, 6) is 0.493. The van der Waals surface area contributed by atoms with Crippen LogP contribution in [0.3, 0.4) is 0 Å². The van der Waals surface area contributed by atoms with Gasteiger partial charge >= 0.3 is 0 Å². The standard InChI is InChI=1S/C29H17ClFN5O/c30-24-13-20(37-28-3-1-2-12-33-28)8-9-21(24)22-14-23-26(15-25(22)31)34-16-27-29(23)36(17-35-27)19-6-4-18(5-7-19)10-11-32/h1-9,12-17H,10H2. The van der Waals surface area contributed by atoms with Crippen molar-refractivity contribution in [2.75, 3.05) is 0 Å².